The zero-order chi connectivity index (χ0) is 28.8. The summed E-state index contributed by atoms with van der Waals surface area (Å²) in [5.41, 5.74) is 2.88. The number of halogens is 1. The zero-order valence-electron chi connectivity index (χ0n) is 21.6. The van der Waals surface area contributed by atoms with Crippen molar-refractivity contribution in [1.29, 1.82) is 0 Å². The van der Waals surface area contributed by atoms with E-state index in [1.165, 1.54) is 25.3 Å². The topological polar surface area (TPSA) is 140 Å². The van der Waals surface area contributed by atoms with Crippen molar-refractivity contribution in [3.63, 3.8) is 0 Å². The van der Waals surface area contributed by atoms with Crippen LogP contribution in [-0.2, 0) is 22.6 Å². The van der Waals surface area contributed by atoms with Gasteiger partial charge in [0.2, 0.25) is 5.91 Å². The predicted molar refractivity (Wildman–Crippen MR) is 156 cm³/mol. The summed E-state index contributed by atoms with van der Waals surface area (Å²) in [6, 6.07) is 16.1. The lowest BCUT2D eigenvalue weighted by Gasteiger charge is -2.14. The fraction of sp³-hybridized carbons (Fsp3) is 0.179. The standard InChI is InChI=1S/C28H25IN4O7/c1-3-19-6-4-5-7-22(19)30-25(34)15-32-27(35)23(31-28(32)36)13-18-12-21(29)26(24(14-18)39-2)40-16-17-8-10-20(11-9-17)33(37)38/h4-14H,3,15-16H2,1-2H3,(H,30,34)(H,31,36)/b23-13+. The molecule has 4 rings (SSSR count). The Morgan fingerprint density at radius 3 is 2.55 bits per heavy atom. The van der Waals surface area contributed by atoms with Gasteiger partial charge in [0, 0.05) is 17.8 Å². The SMILES string of the molecule is CCc1ccccc1NC(=O)CN1C(=O)N/C(=C/c2cc(I)c(OCc3ccc([N+](=O)[O-])cc3)c(OC)c2)C1=O. The summed E-state index contributed by atoms with van der Waals surface area (Å²) in [5.74, 6) is -0.271. The number of nitro benzene ring substituents is 1. The van der Waals surface area contributed by atoms with E-state index in [1.54, 1.807) is 36.4 Å². The second-order valence-corrected chi connectivity index (χ2v) is 9.85. The van der Waals surface area contributed by atoms with Gasteiger partial charge in [0.15, 0.2) is 11.5 Å². The number of ether oxygens (including phenoxy) is 2. The fourth-order valence-electron chi connectivity index (χ4n) is 4.00. The van der Waals surface area contributed by atoms with E-state index in [0.29, 0.717) is 26.3 Å². The van der Waals surface area contributed by atoms with Crippen LogP contribution < -0.4 is 20.1 Å². The molecule has 0 bridgehead atoms. The van der Waals surface area contributed by atoms with Gasteiger partial charge in [-0.1, -0.05) is 25.1 Å². The summed E-state index contributed by atoms with van der Waals surface area (Å²) in [5, 5.41) is 16.1. The largest absolute Gasteiger partial charge is 0.493 e. The van der Waals surface area contributed by atoms with Gasteiger partial charge in [-0.2, -0.15) is 0 Å². The summed E-state index contributed by atoms with van der Waals surface area (Å²) >= 11 is 2.06. The molecule has 11 nitrogen and oxygen atoms in total. The van der Waals surface area contributed by atoms with Crippen LogP contribution in [-0.4, -0.2) is 41.3 Å². The van der Waals surface area contributed by atoms with Gasteiger partial charge >= 0.3 is 6.03 Å². The number of non-ortho nitro benzene ring substituents is 1. The number of amides is 4. The molecule has 206 valence electrons. The number of para-hydroxylation sites is 1. The van der Waals surface area contributed by atoms with E-state index >= 15 is 0 Å². The van der Waals surface area contributed by atoms with Crippen molar-refractivity contribution in [3.05, 3.63) is 96.7 Å². The molecule has 2 N–H and O–H groups in total. The number of urea groups is 1. The van der Waals surface area contributed by atoms with Gasteiger partial charge in [0.05, 0.1) is 15.6 Å². The minimum atomic E-state index is -0.695. The Labute approximate surface area is 243 Å². The second kappa shape index (κ2) is 12.6. The lowest BCUT2D eigenvalue weighted by molar-refractivity contribution is -0.384. The Morgan fingerprint density at radius 1 is 1.15 bits per heavy atom. The van der Waals surface area contributed by atoms with Crippen LogP contribution in [0.2, 0.25) is 0 Å². The molecule has 40 heavy (non-hydrogen) atoms. The summed E-state index contributed by atoms with van der Waals surface area (Å²) in [7, 11) is 1.47. The molecule has 0 radical (unpaired) electrons. The Hall–Kier alpha value is -4.46. The summed E-state index contributed by atoms with van der Waals surface area (Å²) < 4.78 is 12.1. The summed E-state index contributed by atoms with van der Waals surface area (Å²) in [6.07, 6.45) is 2.21. The maximum Gasteiger partial charge on any atom is 0.329 e. The number of benzene rings is 3. The first-order valence-electron chi connectivity index (χ1n) is 12.2. The van der Waals surface area contributed by atoms with E-state index in [2.05, 4.69) is 33.2 Å². The van der Waals surface area contributed by atoms with Gasteiger partial charge < -0.3 is 20.1 Å². The molecule has 0 aromatic heterocycles. The van der Waals surface area contributed by atoms with Crippen LogP contribution in [0.5, 0.6) is 11.5 Å². The predicted octanol–water partition coefficient (Wildman–Crippen LogP) is 4.88. The summed E-state index contributed by atoms with van der Waals surface area (Å²) in [6.45, 7) is 1.68. The van der Waals surface area contributed by atoms with Gasteiger partial charge in [-0.05, 0) is 82.1 Å². The zero-order valence-corrected chi connectivity index (χ0v) is 23.8. The molecule has 1 aliphatic rings. The third-order valence-corrected chi connectivity index (χ3v) is 6.83. The summed E-state index contributed by atoms with van der Waals surface area (Å²) in [4.78, 5) is 49.3. The molecule has 3 aromatic rings. The quantitative estimate of drug-likeness (QED) is 0.104. The van der Waals surface area contributed by atoms with E-state index < -0.39 is 29.3 Å². The highest BCUT2D eigenvalue weighted by molar-refractivity contribution is 14.1. The van der Waals surface area contributed by atoms with E-state index in [1.807, 2.05) is 19.1 Å². The Morgan fingerprint density at radius 2 is 1.88 bits per heavy atom. The Bertz CT molecular complexity index is 1500. The third-order valence-electron chi connectivity index (χ3n) is 6.03. The minimum Gasteiger partial charge on any atom is -0.493 e. The number of carbonyl (C=O) groups is 3. The molecule has 0 spiro atoms. The number of carbonyl (C=O) groups excluding carboxylic acids is 3. The van der Waals surface area contributed by atoms with Crippen molar-refractivity contribution in [2.75, 3.05) is 19.0 Å². The third kappa shape index (κ3) is 6.57. The van der Waals surface area contributed by atoms with Crippen LogP contribution >= 0.6 is 22.6 Å². The molecule has 3 aromatic carbocycles. The first kappa shape index (κ1) is 28.5. The molecule has 1 saturated heterocycles. The molecule has 1 heterocycles. The Kier molecular flexibility index (Phi) is 8.99. The maximum absolute atomic E-state index is 13.0. The Balaban J connectivity index is 1.46. The number of aryl methyl sites for hydroxylation is 1. The molecule has 4 amide bonds. The number of rotatable bonds is 10. The van der Waals surface area contributed by atoms with Crippen LogP contribution in [0.1, 0.15) is 23.6 Å². The molecule has 0 saturated carbocycles. The van der Waals surface area contributed by atoms with Gasteiger partial charge in [-0.3, -0.25) is 19.7 Å². The van der Waals surface area contributed by atoms with Crippen molar-refractivity contribution in [3.8, 4) is 11.5 Å². The smallest absolute Gasteiger partial charge is 0.329 e. The van der Waals surface area contributed by atoms with Gasteiger partial charge in [0.25, 0.3) is 11.6 Å². The van der Waals surface area contributed by atoms with Crippen molar-refractivity contribution >= 4 is 57.9 Å². The lowest BCUT2D eigenvalue weighted by Crippen LogP contribution is -2.38. The average molecular weight is 656 g/mol. The van der Waals surface area contributed by atoms with Crippen LogP contribution in [0.3, 0.4) is 0 Å². The van der Waals surface area contributed by atoms with Crippen molar-refractivity contribution in [2.24, 2.45) is 0 Å². The van der Waals surface area contributed by atoms with Crippen LogP contribution in [0.4, 0.5) is 16.2 Å². The first-order valence-corrected chi connectivity index (χ1v) is 13.2. The molecule has 1 fully saturated rings. The molecular formula is C28H25IN4O7. The maximum atomic E-state index is 13.0. The van der Waals surface area contributed by atoms with E-state index in [0.717, 1.165) is 22.4 Å². The highest BCUT2D eigenvalue weighted by atomic mass is 127. The van der Waals surface area contributed by atoms with E-state index in [9.17, 15) is 24.5 Å². The fourth-order valence-corrected chi connectivity index (χ4v) is 4.78. The first-order chi connectivity index (χ1) is 19.2. The molecule has 0 atom stereocenters. The highest BCUT2D eigenvalue weighted by Crippen LogP contribution is 2.35. The molecule has 0 aliphatic carbocycles. The van der Waals surface area contributed by atoms with Gasteiger partial charge in [-0.15, -0.1) is 0 Å². The molecule has 0 unspecified atom stereocenters. The highest BCUT2D eigenvalue weighted by Gasteiger charge is 2.35. The molecule has 12 heteroatoms. The number of hydrogen-bond acceptors (Lipinski definition) is 7. The lowest BCUT2D eigenvalue weighted by atomic mass is 10.1. The molecular weight excluding hydrogens is 631 g/mol. The van der Waals surface area contributed by atoms with Gasteiger partial charge in [-0.25, -0.2) is 9.69 Å². The molecule has 1 aliphatic heterocycles. The number of methoxy groups -OCH3 is 1. The number of nitro groups is 1. The van der Waals surface area contributed by atoms with Crippen LogP contribution in [0.15, 0.2) is 66.4 Å². The van der Waals surface area contributed by atoms with E-state index in [-0.39, 0.29) is 18.0 Å². The number of nitrogens with one attached hydrogen (secondary N) is 2. The van der Waals surface area contributed by atoms with E-state index in [4.69, 9.17) is 9.47 Å². The average Bonchev–Trinajstić information content (AvgIpc) is 3.19. The van der Waals surface area contributed by atoms with Crippen molar-refractivity contribution in [1.82, 2.24) is 10.2 Å². The monoisotopic (exact) mass is 656 g/mol. The number of imide groups is 1. The van der Waals surface area contributed by atoms with Crippen molar-refractivity contribution in [2.45, 2.75) is 20.0 Å². The van der Waals surface area contributed by atoms with Crippen LogP contribution in [0.25, 0.3) is 6.08 Å². The number of anilines is 1. The van der Waals surface area contributed by atoms with Crippen LogP contribution in [0, 0.1) is 13.7 Å². The number of hydrogen-bond donors (Lipinski definition) is 2. The minimum absolute atomic E-state index is 0.0112. The normalized spacial score (nSPS) is 13.8. The van der Waals surface area contributed by atoms with Crippen molar-refractivity contribution < 1.29 is 28.8 Å². The van der Waals surface area contributed by atoms with Gasteiger partial charge in [0.1, 0.15) is 18.8 Å². The second-order valence-electron chi connectivity index (χ2n) is 8.68. The number of nitrogens with zero attached hydrogens (tertiary/aromatic N) is 2.